The Labute approximate surface area is 157 Å². The van der Waals surface area contributed by atoms with Gasteiger partial charge < -0.3 is 14.9 Å². The molecule has 6 unspecified atom stereocenters. The molecule has 0 aromatic rings. The van der Waals surface area contributed by atoms with Gasteiger partial charge in [0, 0.05) is 0 Å². The quantitative estimate of drug-likeness (QED) is 0.724. The number of aliphatic carboxylic acids is 1. The van der Waals surface area contributed by atoms with Gasteiger partial charge in [-0.3, -0.25) is 0 Å². The molecule has 4 aliphatic carbocycles. The van der Waals surface area contributed by atoms with Gasteiger partial charge in [-0.15, -0.1) is 0 Å². The van der Waals surface area contributed by atoms with Crippen molar-refractivity contribution in [3.05, 3.63) is 24.3 Å². The van der Waals surface area contributed by atoms with Crippen LogP contribution in [-0.2, 0) is 9.53 Å². The zero-order chi connectivity index (χ0) is 19.1. The number of carbonyl (C=O) groups is 1. The van der Waals surface area contributed by atoms with E-state index in [-0.39, 0.29) is 11.2 Å². The SMILES string of the molecule is CC(C)(OC(C)(C)C1CC2C=CC1C2)C1CC2C=CC1C2.O=C(O)CO. The Hall–Kier alpha value is -1.13. The van der Waals surface area contributed by atoms with Crippen molar-refractivity contribution in [3.63, 3.8) is 0 Å². The molecule has 26 heavy (non-hydrogen) atoms. The monoisotopic (exact) mass is 362 g/mol. The fourth-order valence-electron chi connectivity index (χ4n) is 5.99. The highest BCUT2D eigenvalue weighted by atomic mass is 16.5. The summed E-state index contributed by atoms with van der Waals surface area (Å²) in [7, 11) is 0. The summed E-state index contributed by atoms with van der Waals surface area (Å²) in [4.78, 5) is 9.12. The van der Waals surface area contributed by atoms with E-state index in [4.69, 9.17) is 19.7 Å². The van der Waals surface area contributed by atoms with Crippen LogP contribution in [0.2, 0.25) is 0 Å². The number of hydrogen-bond donors (Lipinski definition) is 2. The maximum absolute atomic E-state index is 9.12. The first kappa shape index (κ1) is 19.6. The summed E-state index contributed by atoms with van der Waals surface area (Å²) in [6.07, 6.45) is 15.2. The number of aliphatic hydroxyl groups is 1. The molecule has 2 fully saturated rings. The molecule has 0 aromatic heterocycles. The van der Waals surface area contributed by atoms with Crippen molar-refractivity contribution < 1.29 is 19.7 Å². The number of ether oxygens (including phenoxy) is 1. The van der Waals surface area contributed by atoms with E-state index in [0.29, 0.717) is 11.8 Å². The molecule has 6 atom stereocenters. The number of rotatable bonds is 5. The maximum atomic E-state index is 9.12. The Morgan fingerprint density at radius 3 is 1.50 bits per heavy atom. The van der Waals surface area contributed by atoms with Crippen LogP contribution in [-0.4, -0.2) is 34.0 Å². The Kier molecular flexibility index (Phi) is 5.38. The normalized spacial score (nSPS) is 37.1. The molecule has 0 radical (unpaired) electrons. The summed E-state index contributed by atoms with van der Waals surface area (Å²) in [5.41, 5.74) is -0.00154. The van der Waals surface area contributed by atoms with Crippen LogP contribution in [0.1, 0.15) is 53.4 Å². The average molecular weight is 363 g/mol. The number of carboxylic acid groups (broad SMARTS) is 1. The van der Waals surface area contributed by atoms with Gasteiger partial charge in [0.2, 0.25) is 0 Å². The van der Waals surface area contributed by atoms with Crippen LogP contribution < -0.4 is 0 Å². The van der Waals surface area contributed by atoms with E-state index in [1.807, 2.05) is 0 Å². The topological polar surface area (TPSA) is 66.8 Å². The molecule has 0 heterocycles. The zero-order valence-corrected chi connectivity index (χ0v) is 16.5. The van der Waals surface area contributed by atoms with E-state index >= 15 is 0 Å². The highest BCUT2D eigenvalue weighted by molar-refractivity contribution is 5.67. The van der Waals surface area contributed by atoms with Gasteiger partial charge in [-0.05, 0) is 88.9 Å². The fourth-order valence-corrected chi connectivity index (χ4v) is 5.99. The number of carboxylic acids is 1. The van der Waals surface area contributed by atoms with E-state index in [9.17, 15) is 0 Å². The minimum Gasteiger partial charge on any atom is -0.480 e. The first-order valence-corrected chi connectivity index (χ1v) is 10.0. The van der Waals surface area contributed by atoms with Gasteiger partial charge in [-0.1, -0.05) is 24.3 Å². The van der Waals surface area contributed by atoms with Crippen LogP contribution in [0.4, 0.5) is 0 Å². The van der Waals surface area contributed by atoms with Gasteiger partial charge in [-0.2, -0.15) is 0 Å². The second-order valence-corrected chi connectivity index (χ2v) is 9.63. The highest BCUT2D eigenvalue weighted by Crippen LogP contribution is 2.53. The Morgan fingerprint density at radius 2 is 1.27 bits per heavy atom. The average Bonchev–Trinajstić information content (AvgIpc) is 3.34. The van der Waals surface area contributed by atoms with Crippen molar-refractivity contribution in [2.75, 3.05) is 6.61 Å². The molecule has 2 N–H and O–H groups in total. The van der Waals surface area contributed by atoms with Crippen molar-refractivity contribution in [3.8, 4) is 0 Å². The Morgan fingerprint density at radius 1 is 0.885 bits per heavy atom. The molecule has 146 valence electrons. The third kappa shape index (κ3) is 3.91. The smallest absolute Gasteiger partial charge is 0.329 e. The molecule has 4 nitrogen and oxygen atoms in total. The lowest BCUT2D eigenvalue weighted by Crippen LogP contribution is -2.48. The summed E-state index contributed by atoms with van der Waals surface area (Å²) in [6.45, 7) is 8.60. The second kappa shape index (κ2) is 7.12. The van der Waals surface area contributed by atoms with Crippen LogP contribution in [0.15, 0.2) is 24.3 Å². The zero-order valence-electron chi connectivity index (χ0n) is 16.5. The Balaban J connectivity index is 0.000000349. The van der Waals surface area contributed by atoms with Crippen molar-refractivity contribution in [2.45, 2.75) is 64.6 Å². The van der Waals surface area contributed by atoms with Gasteiger partial charge in [-0.25, -0.2) is 4.79 Å². The van der Waals surface area contributed by atoms with Crippen molar-refractivity contribution in [1.29, 1.82) is 0 Å². The summed E-state index contributed by atoms with van der Waals surface area (Å²) in [5.74, 6) is 3.42. The van der Waals surface area contributed by atoms with Crippen LogP contribution in [0, 0.1) is 35.5 Å². The van der Waals surface area contributed by atoms with Crippen molar-refractivity contribution in [1.82, 2.24) is 0 Å². The second-order valence-electron chi connectivity index (χ2n) is 9.63. The van der Waals surface area contributed by atoms with Gasteiger partial charge in [0.1, 0.15) is 6.61 Å². The van der Waals surface area contributed by atoms with Crippen LogP contribution in [0.3, 0.4) is 0 Å². The third-order valence-electron chi connectivity index (χ3n) is 7.01. The minimum atomic E-state index is -1.19. The minimum absolute atomic E-state index is 0.000769. The maximum Gasteiger partial charge on any atom is 0.329 e. The lowest BCUT2D eigenvalue weighted by Gasteiger charge is -2.46. The molecule has 0 spiro atoms. The molecule has 4 aliphatic rings. The van der Waals surface area contributed by atoms with E-state index in [1.165, 1.54) is 25.7 Å². The molecule has 4 rings (SSSR count). The first-order chi connectivity index (χ1) is 12.1. The largest absolute Gasteiger partial charge is 0.480 e. The van der Waals surface area contributed by atoms with E-state index in [1.54, 1.807) is 0 Å². The molecular formula is C22H34O4. The molecule has 4 bridgehead atoms. The van der Waals surface area contributed by atoms with Crippen LogP contribution in [0.5, 0.6) is 0 Å². The molecule has 2 saturated carbocycles. The predicted octanol–water partition coefficient (Wildman–Crippen LogP) is 4.05. The van der Waals surface area contributed by atoms with Crippen LogP contribution in [0.25, 0.3) is 0 Å². The molecule has 4 heteroatoms. The summed E-state index contributed by atoms with van der Waals surface area (Å²) in [6, 6.07) is 0. The van der Waals surface area contributed by atoms with Gasteiger partial charge >= 0.3 is 5.97 Å². The lowest BCUT2D eigenvalue weighted by atomic mass is 9.77. The summed E-state index contributed by atoms with van der Waals surface area (Å²) < 4.78 is 6.83. The van der Waals surface area contributed by atoms with Crippen LogP contribution >= 0.6 is 0 Å². The Bertz CT molecular complexity index is 545. The van der Waals surface area contributed by atoms with E-state index < -0.39 is 12.6 Å². The van der Waals surface area contributed by atoms with Gasteiger partial charge in [0.25, 0.3) is 0 Å². The standard InChI is InChI=1S/C20H30O.C2H4O3/c1-19(2,17-11-13-5-7-15(17)9-13)21-20(3,4)18-12-14-6-8-16(18)10-14;3-1-2(4)5/h5-8,13-18H,9-12H2,1-4H3;3H,1H2,(H,4,5). The number of aliphatic hydroxyl groups excluding tert-OH is 1. The molecule has 0 aliphatic heterocycles. The highest BCUT2D eigenvalue weighted by Gasteiger charge is 2.50. The lowest BCUT2D eigenvalue weighted by molar-refractivity contribution is -0.180. The fraction of sp³-hybridized carbons (Fsp3) is 0.773. The molecule has 0 aromatic carbocycles. The van der Waals surface area contributed by atoms with Gasteiger partial charge in [0.05, 0.1) is 11.2 Å². The first-order valence-electron chi connectivity index (χ1n) is 10.0. The molecule has 0 amide bonds. The van der Waals surface area contributed by atoms with Gasteiger partial charge in [0.15, 0.2) is 0 Å². The molecule has 0 saturated heterocycles. The summed E-state index contributed by atoms with van der Waals surface area (Å²) >= 11 is 0. The number of fused-ring (bicyclic) bond motifs is 4. The summed E-state index contributed by atoms with van der Waals surface area (Å²) in [5, 5.41) is 15.0. The molecular weight excluding hydrogens is 328 g/mol. The van der Waals surface area contributed by atoms with Crippen molar-refractivity contribution >= 4 is 5.97 Å². The van der Waals surface area contributed by atoms with Crippen molar-refractivity contribution in [2.24, 2.45) is 35.5 Å². The predicted molar refractivity (Wildman–Crippen MR) is 102 cm³/mol. The number of allylic oxidation sites excluding steroid dienone is 4. The number of hydrogen-bond acceptors (Lipinski definition) is 3. The third-order valence-corrected chi connectivity index (χ3v) is 7.01. The van der Waals surface area contributed by atoms with E-state index in [2.05, 4.69) is 52.0 Å². The van der Waals surface area contributed by atoms with E-state index in [0.717, 1.165) is 23.7 Å².